The molecule has 0 radical (unpaired) electrons. The number of carbonyl (C=O) groups is 2. The van der Waals surface area contributed by atoms with Gasteiger partial charge in [-0.05, 0) is 12.8 Å². The first-order chi connectivity index (χ1) is 9.15. The molecule has 0 unspecified atom stereocenters. The van der Waals surface area contributed by atoms with E-state index in [9.17, 15) is 9.59 Å². The number of hydrogen-bond donors (Lipinski definition) is 3. The van der Waals surface area contributed by atoms with Gasteiger partial charge in [0.2, 0.25) is 5.89 Å². The van der Waals surface area contributed by atoms with E-state index in [0.717, 1.165) is 19.2 Å². The minimum absolute atomic E-state index is 0.0637. The lowest BCUT2D eigenvalue weighted by Crippen LogP contribution is -2.16. The number of nitrogens with zero attached hydrogens (tertiary/aromatic N) is 3. The van der Waals surface area contributed by atoms with Crippen LogP contribution in [-0.4, -0.2) is 37.1 Å². The lowest BCUT2D eigenvalue weighted by Gasteiger charge is -1.98. The molecule has 2 heterocycles. The zero-order chi connectivity index (χ0) is 13.4. The van der Waals surface area contributed by atoms with Gasteiger partial charge in [-0.15, -0.1) is 5.10 Å². The van der Waals surface area contributed by atoms with Crippen LogP contribution in [0.15, 0.2) is 10.7 Å². The Labute approximate surface area is 106 Å². The third-order valence-corrected chi connectivity index (χ3v) is 2.66. The molecule has 9 nitrogen and oxygen atoms in total. The summed E-state index contributed by atoms with van der Waals surface area (Å²) in [6.07, 6.45) is 3.12. The maximum absolute atomic E-state index is 11.8. The molecule has 3 rings (SSSR count). The number of imidazole rings is 1. The molecule has 1 saturated carbocycles. The van der Waals surface area contributed by atoms with Gasteiger partial charge in [-0.1, -0.05) is 5.10 Å². The van der Waals surface area contributed by atoms with Crippen LogP contribution in [-0.2, 0) is 0 Å². The van der Waals surface area contributed by atoms with E-state index in [1.54, 1.807) is 0 Å². The van der Waals surface area contributed by atoms with Crippen molar-refractivity contribution in [1.29, 1.82) is 0 Å². The number of nitrogens with one attached hydrogen (secondary N) is 2. The minimum atomic E-state index is -1.27. The number of amides is 1. The SMILES string of the molecule is O=C(Nc1nnc(C2CC2)o1)c1nc[nH]c1C(=O)O. The molecule has 0 saturated heterocycles. The molecule has 2 aromatic heterocycles. The van der Waals surface area contributed by atoms with Crippen molar-refractivity contribution in [3.63, 3.8) is 0 Å². The average Bonchev–Trinajstić information content (AvgIpc) is 2.92. The van der Waals surface area contributed by atoms with Crippen molar-refractivity contribution < 1.29 is 19.1 Å². The Morgan fingerprint density at radius 1 is 1.42 bits per heavy atom. The van der Waals surface area contributed by atoms with Gasteiger partial charge in [0.25, 0.3) is 5.91 Å². The summed E-state index contributed by atoms with van der Waals surface area (Å²) in [4.78, 5) is 28.7. The molecule has 1 aliphatic carbocycles. The van der Waals surface area contributed by atoms with E-state index in [2.05, 4.69) is 25.5 Å². The van der Waals surface area contributed by atoms with Gasteiger partial charge < -0.3 is 14.5 Å². The van der Waals surface area contributed by atoms with Gasteiger partial charge in [0.05, 0.1) is 6.33 Å². The molecule has 1 amide bonds. The molecule has 0 spiro atoms. The molecular weight excluding hydrogens is 254 g/mol. The van der Waals surface area contributed by atoms with Gasteiger partial charge >= 0.3 is 12.0 Å². The number of aromatic amines is 1. The standard InChI is InChI=1S/C10H9N5O4/c16-7(5-6(9(17)18)12-3-11-5)13-10-15-14-8(19-10)4-1-2-4/h3-4H,1-2H2,(H,11,12)(H,17,18)(H,13,15,16). The van der Waals surface area contributed by atoms with Crippen molar-refractivity contribution in [2.75, 3.05) is 5.32 Å². The van der Waals surface area contributed by atoms with Crippen molar-refractivity contribution in [2.45, 2.75) is 18.8 Å². The van der Waals surface area contributed by atoms with E-state index < -0.39 is 11.9 Å². The van der Waals surface area contributed by atoms with Crippen LogP contribution in [0.25, 0.3) is 0 Å². The van der Waals surface area contributed by atoms with Crippen LogP contribution in [0.3, 0.4) is 0 Å². The Kier molecular flexibility index (Phi) is 2.51. The number of anilines is 1. The maximum Gasteiger partial charge on any atom is 0.354 e. The van der Waals surface area contributed by atoms with Crippen LogP contribution in [0.1, 0.15) is 45.6 Å². The number of aromatic nitrogens is 4. The van der Waals surface area contributed by atoms with Crippen LogP contribution in [0.5, 0.6) is 0 Å². The molecule has 1 aliphatic rings. The van der Waals surface area contributed by atoms with Crippen LogP contribution in [0.4, 0.5) is 6.01 Å². The maximum atomic E-state index is 11.8. The van der Waals surface area contributed by atoms with Crippen molar-refractivity contribution in [1.82, 2.24) is 20.2 Å². The van der Waals surface area contributed by atoms with E-state index >= 15 is 0 Å². The minimum Gasteiger partial charge on any atom is -0.477 e. The van der Waals surface area contributed by atoms with Crippen LogP contribution >= 0.6 is 0 Å². The molecule has 98 valence electrons. The van der Waals surface area contributed by atoms with E-state index in [1.807, 2.05) is 0 Å². The molecule has 19 heavy (non-hydrogen) atoms. The average molecular weight is 263 g/mol. The highest BCUT2D eigenvalue weighted by molar-refractivity contribution is 6.07. The van der Waals surface area contributed by atoms with Gasteiger partial charge in [-0.3, -0.25) is 10.1 Å². The number of carboxylic acids is 1. The first-order valence-corrected chi connectivity index (χ1v) is 5.56. The summed E-state index contributed by atoms with van der Waals surface area (Å²) < 4.78 is 5.24. The molecule has 0 aliphatic heterocycles. The highest BCUT2D eigenvalue weighted by Gasteiger charge is 2.30. The first kappa shape index (κ1) is 11.4. The molecule has 1 fully saturated rings. The fourth-order valence-corrected chi connectivity index (χ4v) is 1.57. The Morgan fingerprint density at radius 2 is 2.21 bits per heavy atom. The van der Waals surface area contributed by atoms with E-state index in [4.69, 9.17) is 9.52 Å². The second-order valence-electron chi connectivity index (χ2n) is 4.11. The summed E-state index contributed by atoms with van der Waals surface area (Å²) in [6.45, 7) is 0. The zero-order valence-electron chi connectivity index (χ0n) is 9.58. The summed E-state index contributed by atoms with van der Waals surface area (Å²) in [5.74, 6) is -1.23. The van der Waals surface area contributed by atoms with Crippen molar-refractivity contribution >= 4 is 17.9 Å². The van der Waals surface area contributed by atoms with Gasteiger partial charge in [0.1, 0.15) is 0 Å². The number of carbonyl (C=O) groups excluding carboxylic acids is 1. The Morgan fingerprint density at radius 3 is 2.89 bits per heavy atom. The highest BCUT2D eigenvalue weighted by Crippen LogP contribution is 2.39. The quantitative estimate of drug-likeness (QED) is 0.735. The highest BCUT2D eigenvalue weighted by atomic mass is 16.4. The summed E-state index contributed by atoms with van der Waals surface area (Å²) in [5, 5.41) is 18.6. The lowest BCUT2D eigenvalue weighted by molar-refractivity contribution is 0.0686. The fourth-order valence-electron chi connectivity index (χ4n) is 1.57. The van der Waals surface area contributed by atoms with Crippen molar-refractivity contribution in [3.05, 3.63) is 23.6 Å². The normalized spacial score (nSPS) is 14.3. The molecular formula is C10H9N5O4. The fraction of sp³-hybridized carbons (Fsp3) is 0.300. The predicted octanol–water partition coefficient (Wildman–Crippen LogP) is 0.621. The smallest absolute Gasteiger partial charge is 0.354 e. The second kappa shape index (κ2) is 4.19. The Hall–Kier alpha value is -2.71. The number of H-pyrrole nitrogens is 1. The molecule has 0 bridgehead atoms. The third-order valence-electron chi connectivity index (χ3n) is 2.66. The van der Waals surface area contributed by atoms with Crippen LogP contribution < -0.4 is 5.32 Å². The molecule has 9 heteroatoms. The van der Waals surface area contributed by atoms with E-state index in [0.29, 0.717) is 5.89 Å². The molecule has 0 atom stereocenters. The lowest BCUT2D eigenvalue weighted by atomic mass is 10.3. The van der Waals surface area contributed by atoms with Gasteiger partial charge in [0, 0.05) is 5.92 Å². The summed E-state index contributed by atoms with van der Waals surface area (Å²) in [5.41, 5.74) is -0.530. The third kappa shape index (κ3) is 2.17. The van der Waals surface area contributed by atoms with E-state index in [1.165, 1.54) is 0 Å². The van der Waals surface area contributed by atoms with Crippen LogP contribution in [0, 0.1) is 0 Å². The molecule has 0 aromatic carbocycles. The Balaban J connectivity index is 1.76. The topological polar surface area (TPSA) is 134 Å². The van der Waals surface area contributed by atoms with Gasteiger partial charge in [0.15, 0.2) is 11.4 Å². The number of carboxylic acid groups (broad SMARTS) is 1. The first-order valence-electron chi connectivity index (χ1n) is 5.56. The summed E-state index contributed by atoms with van der Waals surface area (Å²) >= 11 is 0. The van der Waals surface area contributed by atoms with E-state index in [-0.39, 0.29) is 23.3 Å². The monoisotopic (exact) mass is 263 g/mol. The van der Waals surface area contributed by atoms with Crippen LogP contribution in [0.2, 0.25) is 0 Å². The van der Waals surface area contributed by atoms with Crippen molar-refractivity contribution in [3.8, 4) is 0 Å². The van der Waals surface area contributed by atoms with Gasteiger partial charge in [-0.25, -0.2) is 9.78 Å². The van der Waals surface area contributed by atoms with Crippen molar-refractivity contribution in [2.24, 2.45) is 0 Å². The Bertz CT molecular complexity index is 642. The zero-order valence-corrected chi connectivity index (χ0v) is 9.58. The predicted molar refractivity (Wildman–Crippen MR) is 59.8 cm³/mol. The summed E-state index contributed by atoms with van der Waals surface area (Å²) in [6, 6.07) is -0.0637. The van der Waals surface area contributed by atoms with Gasteiger partial charge in [-0.2, -0.15) is 0 Å². The second-order valence-corrected chi connectivity index (χ2v) is 4.11. The molecule has 2 aromatic rings. The number of aromatic carboxylic acids is 1. The largest absolute Gasteiger partial charge is 0.477 e. The summed E-state index contributed by atoms with van der Waals surface area (Å²) in [7, 11) is 0. The number of rotatable bonds is 4. The molecule has 3 N–H and O–H groups in total. The number of hydrogen-bond acceptors (Lipinski definition) is 6.